The van der Waals surface area contributed by atoms with Crippen LogP contribution in [0.3, 0.4) is 0 Å². The molecule has 8 heteroatoms. The van der Waals surface area contributed by atoms with Gasteiger partial charge < -0.3 is 14.0 Å². The number of carbonyl (C=O) groups excluding carboxylic acids is 1. The molecule has 6 nitrogen and oxygen atoms in total. The van der Waals surface area contributed by atoms with Gasteiger partial charge in [0, 0.05) is 7.05 Å². The first kappa shape index (κ1) is 18.9. The van der Waals surface area contributed by atoms with Crippen molar-refractivity contribution >= 4 is 17.7 Å². The number of rotatable bonds is 7. The van der Waals surface area contributed by atoms with E-state index in [-0.39, 0.29) is 11.6 Å². The second-order valence-electron chi connectivity index (χ2n) is 5.51. The molecule has 1 heterocycles. The third kappa shape index (κ3) is 4.65. The highest BCUT2D eigenvalue weighted by atomic mass is 32.2. The zero-order chi connectivity index (χ0) is 19.2. The molecule has 140 valence electrons. The molecule has 0 aliphatic carbocycles. The quantitative estimate of drug-likeness (QED) is 0.350. The van der Waals surface area contributed by atoms with Crippen LogP contribution in [0.25, 0.3) is 11.4 Å². The van der Waals surface area contributed by atoms with E-state index in [0.717, 1.165) is 0 Å². The van der Waals surface area contributed by atoms with Crippen molar-refractivity contribution in [3.63, 3.8) is 0 Å². The molecule has 0 N–H and O–H groups in total. The Morgan fingerprint density at radius 1 is 1.11 bits per heavy atom. The molecule has 0 saturated heterocycles. The van der Waals surface area contributed by atoms with Crippen molar-refractivity contribution in [3.8, 4) is 22.9 Å². The fourth-order valence-corrected chi connectivity index (χ4v) is 3.06. The fourth-order valence-electron chi connectivity index (χ4n) is 2.37. The summed E-state index contributed by atoms with van der Waals surface area (Å²) >= 11 is 1.17. The Bertz CT molecular complexity index is 928. The van der Waals surface area contributed by atoms with E-state index in [2.05, 4.69) is 10.2 Å². The maximum Gasteiger partial charge on any atom is 0.321 e. The van der Waals surface area contributed by atoms with Gasteiger partial charge in [-0.2, -0.15) is 0 Å². The molecule has 3 rings (SSSR count). The number of ether oxygens (including phenoxy) is 2. The average molecular weight is 387 g/mol. The normalized spacial score (nSPS) is 10.6. The molecule has 0 saturated carbocycles. The number of hydrogen-bond acceptors (Lipinski definition) is 6. The molecule has 0 amide bonds. The summed E-state index contributed by atoms with van der Waals surface area (Å²) < 4.78 is 26.2. The van der Waals surface area contributed by atoms with Crippen LogP contribution in [0.4, 0.5) is 4.39 Å². The number of esters is 1. The lowest BCUT2D eigenvalue weighted by Gasteiger charge is -2.07. The van der Waals surface area contributed by atoms with Gasteiger partial charge in [0.1, 0.15) is 17.3 Å². The fraction of sp³-hybridized carbons (Fsp3) is 0.211. The van der Waals surface area contributed by atoms with Crippen molar-refractivity contribution < 1.29 is 18.7 Å². The third-order valence-corrected chi connectivity index (χ3v) is 4.63. The van der Waals surface area contributed by atoms with Gasteiger partial charge in [-0.3, -0.25) is 4.79 Å². The topological polar surface area (TPSA) is 66.2 Å². The molecule has 1 aromatic heterocycles. The van der Waals surface area contributed by atoms with Crippen molar-refractivity contribution in [2.75, 3.05) is 12.4 Å². The molecule has 0 bridgehead atoms. The number of hydrogen-bond donors (Lipinski definition) is 0. The van der Waals surface area contributed by atoms with Crippen LogP contribution in [0.15, 0.2) is 53.7 Å². The van der Waals surface area contributed by atoms with Gasteiger partial charge in [0.2, 0.25) is 0 Å². The highest BCUT2D eigenvalue weighted by Crippen LogP contribution is 2.25. The second kappa shape index (κ2) is 8.68. The van der Waals surface area contributed by atoms with E-state index in [1.165, 1.54) is 17.8 Å². The first-order chi connectivity index (χ1) is 13.1. The van der Waals surface area contributed by atoms with Crippen LogP contribution >= 0.6 is 11.8 Å². The van der Waals surface area contributed by atoms with Gasteiger partial charge in [0.15, 0.2) is 11.0 Å². The smallest absolute Gasteiger partial charge is 0.321 e. The number of nitrogens with zero attached hydrogens (tertiary/aromatic N) is 3. The Hall–Kier alpha value is -2.87. The van der Waals surface area contributed by atoms with Crippen LogP contribution in [0.5, 0.6) is 11.5 Å². The SMILES string of the molecule is CCOc1ccc(OC(=O)CSc2nnc(-c3ccccc3F)n2C)cc1. The lowest BCUT2D eigenvalue weighted by Crippen LogP contribution is -2.11. The molecule has 0 atom stereocenters. The molecule has 3 aromatic rings. The van der Waals surface area contributed by atoms with Gasteiger partial charge >= 0.3 is 5.97 Å². The largest absolute Gasteiger partial charge is 0.494 e. The Labute approximate surface area is 160 Å². The van der Waals surface area contributed by atoms with E-state index in [1.54, 1.807) is 54.1 Å². The highest BCUT2D eigenvalue weighted by Gasteiger charge is 2.16. The van der Waals surface area contributed by atoms with E-state index in [1.807, 2.05) is 6.92 Å². The number of carbonyl (C=O) groups is 1. The van der Waals surface area contributed by atoms with E-state index >= 15 is 0 Å². The molecule has 0 aliphatic rings. The summed E-state index contributed by atoms with van der Waals surface area (Å²) in [7, 11) is 1.72. The van der Waals surface area contributed by atoms with E-state index in [9.17, 15) is 9.18 Å². The molecule has 0 unspecified atom stereocenters. The first-order valence-electron chi connectivity index (χ1n) is 8.29. The van der Waals surface area contributed by atoms with E-state index < -0.39 is 5.97 Å². The maximum absolute atomic E-state index is 13.9. The number of benzene rings is 2. The van der Waals surface area contributed by atoms with Crippen LogP contribution in [-0.4, -0.2) is 33.1 Å². The molecule has 0 aliphatic heterocycles. The molecule has 0 spiro atoms. The highest BCUT2D eigenvalue weighted by molar-refractivity contribution is 7.99. The maximum atomic E-state index is 13.9. The van der Waals surface area contributed by atoms with Gasteiger partial charge in [-0.25, -0.2) is 4.39 Å². The van der Waals surface area contributed by atoms with Crippen molar-refractivity contribution in [3.05, 3.63) is 54.3 Å². The number of aromatic nitrogens is 3. The third-order valence-electron chi connectivity index (χ3n) is 3.64. The Kier molecular flexibility index (Phi) is 6.08. The second-order valence-corrected chi connectivity index (χ2v) is 6.45. The predicted octanol–water partition coefficient (Wildman–Crippen LogP) is 3.72. The van der Waals surface area contributed by atoms with Gasteiger partial charge in [0.05, 0.1) is 17.9 Å². The van der Waals surface area contributed by atoms with Crippen molar-refractivity contribution in [2.45, 2.75) is 12.1 Å². The molecule has 2 aromatic carbocycles. The number of thioether (sulfide) groups is 1. The monoisotopic (exact) mass is 387 g/mol. The van der Waals surface area contributed by atoms with Crippen molar-refractivity contribution in [2.24, 2.45) is 7.05 Å². The minimum atomic E-state index is -0.417. The Balaban J connectivity index is 1.60. The van der Waals surface area contributed by atoms with Gasteiger partial charge in [-0.15, -0.1) is 10.2 Å². The lowest BCUT2D eigenvalue weighted by molar-refractivity contribution is -0.131. The van der Waals surface area contributed by atoms with Crippen LogP contribution in [0.2, 0.25) is 0 Å². The zero-order valence-electron chi connectivity index (χ0n) is 14.9. The molecule has 0 fully saturated rings. The summed E-state index contributed by atoms with van der Waals surface area (Å²) in [5.74, 6) is 0.811. The zero-order valence-corrected chi connectivity index (χ0v) is 15.7. The first-order valence-corrected chi connectivity index (χ1v) is 9.27. The average Bonchev–Trinajstić information content (AvgIpc) is 3.03. The van der Waals surface area contributed by atoms with Crippen LogP contribution in [-0.2, 0) is 11.8 Å². The summed E-state index contributed by atoms with van der Waals surface area (Å²) in [6.45, 7) is 2.47. The summed E-state index contributed by atoms with van der Waals surface area (Å²) in [5.41, 5.74) is 0.358. The molecule has 27 heavy (non-hydrogen) atoms. The molecule has 0 radical (unpaired) electrons. The van der Waals surface area contributed by atoms with Gasteiger partial charge in [-0.05, 0) is 43.3 Å². The summed E-state index contributed by atoms with van der Waals surface area (Å²) in [6.07, 6.45) is 0. The van der Waals surface area contributed by atoms with Crippen molar-refractivity contribution in [1.29, 1.82) is 0 Å². The van der Waals surface area contributed by atoms with E-state index in [0.29, 0.717) is 34.7 Å². The molecular formula is C19H18FN3O3S. The minimum absolute atomic E-state index is 0.0520. The summed E-state index contributed by atoms with van der Waals surface area (Å²) in [4.78, 5) is 12.0. The minimum Gasteiger partial charge on any atom is -0.494 e. The van der Waals surface area contributed by atoms with E-state index in [4.69, 9.17) is 9.47 Å². The van der Waals surface area contributed by atoms with Gasteiger partial charge in [0.25, 0.3) is 0 Å². The Morgan fingerprint density at radius 3 is 2.52 bits per heavy atom. The summed E-state index contributed by atoms with van der Waals surface area (Å²) in [5, 5.41) is 8.55. The Morgan fingerprint density at radius 2 is 1.81 bits per heavy atom. The standard InChI is InChI=1S/C19H18FN3O3S/c1-3-25-13-8-10-14(11-9-13)26-17(24)12-27-19-22-21-18(23(19)2)15-6-4-5-7-16(15)20/h4-11H,3,12H2,1-2H3. The van der Waals surface area contributed by atoms with Gasteiger partial charge in [-0.1, -0.05) is 23.9 Å². The van der Waals surface area contributed by atoms with Crippen LogP contribution < -0.4 is 9.47 Å². The van der Waals surface area contributed by atoms with Crippen LogP contribution in [0, 0.1) is 5.82 Å². The predicted molar refractivity (Wildman–Crippen MR) is 100 cm³/mol. The number of halogens is 1. The lowest BCUT2D eigenvalue weighted by atomic mass is 10.2. The summed E-state index contributed by atoms with van der Waals surface area (Å²) in [6, 6.07) is 13.2. The molecular weight excluding hydrogens is 369 g/mol. The van der Waals surface area contributed by atoms with Crippen molar-refractivity contribution in [1.82, 2.24) is 14.8 Å². The van der Waals surface area contributed by atoms with Crippen LogP contribution in [0.1, 0.15) is 6.92 Å².